The minimum absolute atomic E-state index is 0.247. The number of halogens is 2. The van der Waals surface area contributed by atoms with E-state index in [2.05, 4.69) is 29.9 Å². The molecule has 0 amide bonds. The first-order chi connectivity index (χ1) is 9.47. The van der Waals surface area contributed by atoms with Gasteiger partial charge in [-0.15, -0.1) is 0 Å². The number of nitrogen functional groups attached to an aromatic ring is 1. The van der Waals surface area contributed by atoms with Crippen LogP contribution >= 0.6 is 23.2 Å². The third-order valence-corrected chi connectivity index (χ3v) is 3.91. The highest BCUT2D eigenvalue weighted by Crippen LogP contribution is 2.29. The van der Waals surface area contributed by atoms with Crippen LogP contribution in [0, 0.1) is 13.8 Å². The molecule has 0 spiro atoms. The molecular formula is C14H12Cl2N4. The first-order valence-corrected chi connectivity index (χ1v) is 6.79. The van der Waals surface area contributed by atoms with Crippen molar-refractivity contribution in [2.75, 3.05) is 5.73 Å². The molecule has 0 unspecified atom stereocenters. The predicted molar refractivity (Wildman–Crippen MR) is 82.8 cm³/mol. The maximum atomic E-state index is 6.21. The molecule has 0 aliphatic rings. The van der Waals surface area contributed by atoms with E-state index in [1.54, 1.807) is 12.4 Å². The molecule has 102 valence electrons. The molecule has 0 saturated carbocycles. The molecule has 0 aliphatic carbocycles. The summed E-state index contributed by atoms with van der Waals surface area (Å²) < 4.78 is 1.82. The van der Waals surface area contributed by atoms with Crippen molar-refractivity contribution in [1.82, 2.24) is 14.5 Å². The highest BCUT2D eigenvalue weighted by atomic mass is 35.5. The molecule has 20 heavy (non-hydrogen) atoms. The Balaban J connectivity index is 2.30. The van der Waals surface area contributed by atoms with E-state index in [4.69, 9.17) is 28.9 Å². The Labute approximate surface area is 126 Å². The van der Waals surface area contributed by atoms with Crippen molar-refractivity contribution >= 4 is 40.1 Å². The Bertz CT molecular complexity index is 824. The smallest absolute Gasteiger partial charge is 0.159 e. The van der Waals surface area contributed by atoms with Gasteiger partial charge in [-0.05, 0) is 43.2 Å². The average molecular weight is 307 g/mol. The fraction of sp³-hybridized carbons (Fsp3) is 0.143. The van der Waals surface area contributed by atoms with Crippen LogP contribution in [-0.2, 0) is 0 Å². The van der Waals surface area contributed by atoms with Crippen LogP contribution in [0.1, 0.15) is 11.1 Å². The number of hydrogen-bond donors (Lipinski definition) is 1. The van der Waals surface area contributed by atoms with E-state index >= 15 is 0 Å². The van der Waals surface area contributed by atoms with Crippen LogP contribution in [0.4, 0.5) is 5.82 Å². The Kier molecular flexibility index (Phi) is 3.07. The molecule has 0 atom stereocenters. The zero-order valence-electron chi connectivity index (χ0n) is 11.0. The quantitative estimate of drug-likeness (QED) is 0.741. The molecule has 1 aromatic carbocycles. The first kappa shape index (κ1) is 13.2. The third-order valence-electron chi connectivity index (χ3n) is 3.33. The Morgan fingerprint density at radius 3 is 2.50 bits per heavy atom. The van der Waals surface area contributed by atoms with Gasteiger partial charge in [0, 0.05) is 0 Å². The highest BCUT2D eigenvalue weighted by Gasteiger charge is 2.13. The minimum Gasteiger partial charge on any atom is -0.382 e. The van der Waals surface area contributed by atoms with E-state index in [0.29, 0.717) is 15.9 Å². The van der Waals surface area contributed by atoms with Gasteiger partial charge in [-0.2, -0.15) is 0 Å². The van der Waals surface area contributed by atoms with E-state index in [1.165, 1.54) is 11.1 Å². The highest BCUT2D eigenvalue weighted by molar-refractivity contribution is 6.36. The topological polar surface area (TPSA) is 56.7 Å². The zero-order chi connectivity index (χ0) is 14.4. The maximum Gasteiger partial charge on any atom is 0.159 e. The van der Waals surface area contributed by atoms with Gasteiger partial charge >= 0.3 is 0 Å². The van der Waals surface area contributed by atoms with Crippen LogP contribution in [0.25, 0.3) is 16.9 Å². The number of rotatable bonds is 1. The number of imidazole rings is 1. The molecule has 0 radical (unpaired) electrons. The van der Waals surface area contributed by atoms with E-state index in [0.717, 1.165) is 11.0 Å². The van der Waals surface area contributed by atoms with Gasteiger partial charge in [-0.3, -0.25) is 4.57 Å². The van der Waals surface area contributed by atoms with Crippen molar-refractivity contribution in [2.45, 2.75) is 13.8 Å². The van der Waals surface area contributed by atoms with Gasteiger partial charge < -0.3 is 5.73 Å². The van der Waals surface area contributed by atoms with Gasteiger partial charge in [0.05, 0.1) is 21.1 Å². The van der Waals surface area contributed by atoms with Crippen LogP contribution in [0.3, 0.4) is 0 Å². The summed E-state index contributed by atoms with van der Waals surface area (Å²) in [5.74, 6) is 0.774. The lowest BCUT2D eigenvalue weighted by atomic mass is 10.1. The Hall–Kier alpha value is -1.78. The second-order valence-corrected chi connectivity index (χ2v) is 5.52. The summed E-state index contributed by atoms with van der Waals surface area (Å²) in [6.07, 6.45) is 1.69. The minimum atomic E-state index is 0.247. The number of nitrogens with zero attached hydrogens (tertiary/aromatic N) is 3. The molecule has 0 bridgehead atoms. The van der Waals surface area contributed by atoms with Crippen molar-refractivity contribution in [2.24, 2.45) is 0 Å². The first-order valence-electron chi connectivity index (χ1n) is 6.03. The van der Waals surface area contributed by atoms with Gasteiger partial charge in [0.25, 0.3) is 0 Å². The fourth-order valence-corrected chi connectivity index (χ4v) is 2.52. The Morgan fingerprint density at radius 2 is 1.75 bits per heavy atom. The van der Waals surface area contributed by atoms with Crippen LogP contribution in [-0.4, -0.2) is 14.5 Å². The molecule has 2 aromatic heterocycles. The number of aromatic nitrogens is 3. The number of nitrogens with two attached hydrogens (primary N) is 1. The van der Waals surface area contributed by atoms with Crippen molar-refractivity contribution in [3.63, 3.8) is 0 Å². The summed E-state index contributed by atoms with van der Waals surface area (Å²) >= 11 is 12.1. The summed E-state index contributed by atoms with van der Waals surface area (Å²) in [6.45, 7) is 4.11. The monoisotopic (exact) mass is 306 g/mol. The zero-order valence-corrected chi connectivity index (χ0v) is 12.5. The molecule has 2 N–H and O–H groups in total. The number of anilines is 1. The largest absolute Gasteiger partial charge is 0.382 e. The number of aryl methyl sites for hydroxylation is 2. The van der Waals surface area contributed by atoms with Crippen molar-refractivity contribution in [3.8, 4) is 5.82 Å². The van der Waals surface area contributed by atoms with Gasteiger partial charge in [-0.1, -0.05) is 23.2 Å². The third kappa shape index (κ3) is 2.01. The van der Waals surface area contributed by atoms with Gasteiger partial charge in [0.15, 0.2) is 5.82 Å². The van der Waals surface area contributed by atoms with E-state index in [-0.39, 0.29) is 5.82 Å². The molecule has 2 heterocycles. The molecular weight excluding hydrogens is 295 g/mol. The van der Waals surface area contributed by atoms with Crippen molar-refractivity contribution in [1.29, 1.82) is 0 Å². The molecule has 3 rings (SSSR count). The summed E-state index contributed by atoms with van der Waals surface area (Å²) in [5.41, 5.74) is 9.95. The molecule has 0 fully saturated rings. The lowest BCUT2D eigenvalue weighted by molar-refractivity contribution is 1.03. The fourth-order valence-electron chi connectivity index (χ4n) is 2.07. The van der Waals surface area contributed by atoms with Crippen LogP contribution in [0.2, 0.25) is 10.0 Å². The van der Waals surface area contributed by atoms with Gasteiger partial charge in [0.2, 0.25) is 0 Å². The summed E-state index contributed by atoms with van der Waals surface area (Å²) in [4.78, 5) is 8.63. The van der Waals surface area contributed by atoms with Crippen LogP contribution in [0.5, 0.6) is 0 Å². The summed E-state index contributed by atoms with van der Waals surface area (Å²) in [5, 5.41) is 0.775. The van der Waals surface area contributed by atoms with Gasteiger partial charge in [0.1, 0.15) is 12.1 Å². The average Bonchev–Trinajstić information content (AvgIpc) is 2.77. The maximum absolute atomic E-state index is 6.21. The standard InChI is InChI=1S/C14H12Cl2N4/c1-7-3-11-12(4-8(7)2)20(6-18-11)14-10(16)5-9(15)13(17)19-14/h3-6H,1-2H3,(H2,17,19). The van der Waals surface area contributed by atoms with E-state index in [1.807, 2.05) is 10.6 Å². The SMILES string of the molecule is Cc1cc2ncn(-c3nc(N)c(Cl)cc3Cl)c2cc1C. The Morgan fingerprint density at radius 1 is 1.05 bits per heavy atom. The van der Waals surface area contributed by atoms with E-state index < -0.39 is 0 Å². The van der Waals surface area contributed by atoms with Gasteiger partial charge in [-0.25, -0.2) is 9.97 Å². The number of hydrogen-bond acceptors (Lipinski definition) is 3. The number of benzene rings is 1. The number of fused-ring (bicyclic) bond motifs is 1. The summed E-state index contributed by atoms with van der Waals surface area (Å²) in [6, 6.07) is 5.68. The molecule has 0 aliphatic heterocycles. The molecule has 6 heteroatoms. The van der Waals surface area contributed by atoms with E-state index in [9.17, 15) is 0 Å². The van der Waals surface area contributed by atoms with Crippen LogP contribution in [0.15, 0.2) is 24.5 Å². The second kappa shape index (κ2) is 4.65. The molecule has 0 saturated heterocycles. The normalized spacial score (nSPS) is 11.2. The van der Waals surface area contributed by atoms with Crippen molar-refractivity contribution < 1.29 is 0 Å². The van der Waals surface area contributed by atoms with Crippen LogP contribution < -0.4 is 5.73 Å². The number of pyridine rings is 1. The summed E-state index contributed by atoms with van der Waals surface area (Å²) in [7, 11) is 0. The molecule has 3 aromatic rings. The van der Waals surface area contributed by atoms with Crippen molar-refractivity contribution in [3.05, 3.63) is 45.7 Å². The lowest BCUT2D eigenvalue weighted by Crippen LogP contribution is -2.01. The lowest BCUT2D eigenvalue weighted by Gasteiger charge is -2.09. The molecule has 4 nitrogen and oxygen atoms in total. The predicted octanol–water partition coefficient (Wildman–Crippen LogP) is 3.93. The second-order valence-electron chi connectivity index (χ2n) is 4.70.